The lowest BCUT2D eigenvalue weighted by molar-refractivity contribution is -0.167. The first-order valence-electron chi connectivity index (χ1n) is 30.2. The van der Waals surface area contributed by atoms with Gasteiger partial charge in [0.25, 0.3) is 0 Å². The van der Waals surface area contributed by atoms with Gasteiger partial charge in [0.05, 0.1) is 0 Å². The summed E-state index contributed by atoms with van der Waals surface area (Å²) >= 11 is 0. The van der Waals surface area contributed by atoms with Crippen molar-refractivity contribution in [1.29, 1.82) is 0 Å². The molecule has 0 rings (SSSR count). The Bertz CT molecular complexity index is 1430. The second-order valence-corrected chi connectivity index (χ2v) is 19.9. The second-order valence-electron chi connectivity index (χ2n) is 19.9. The molecule has 0 radical (unpaired) electrons. The number of allylic oxidation sites excluding steroid dienone is 16. The number of esters is 3. The van der Waals surface area contributed by atoms with E-state index in [1.165, 1.54) is 122 Å². The zero-order valence-corrected chi connectivity index (χ0v) is 47.2. The molecule has 72 heavy (non-hydrogen) atoms. The first-order valence-corrected chi connectivity index (χ1v) is 30.2. The minimum Gasteiger partial charge on any atom is -0.462 e. The molecule has 412 valence electrons. The maximum Gasteiger partial charge on any atom is 0.306 e. The molecule has 0 aliphatic carbocycles. The van der Waals surface area contributed by atoms with Crippen LogP contribution in [0.15, 0.2) is 97.2 Å². The van der Waals surface area contributed by atoms with E-state index in [0.717, 1.165) is 122 Å². The van der Waals surface area contributed by atoms with E-state index in [1.54, 1.807) is 0 Å². The van der Waals surface area contributed by atoms with Crippen molar-refractivity contribution in [3.63, 3.8) is 0 Å². The van der Waals surface area contributed by atoms with Crippen LogP contribution in [0.4, 0.5) is 0 Å². The smallest absolute Gasteiger partial charge is 0.306 e. The van der Waals surface area contributed by atoms with Gasteiger partial charge >= 0.3 is 17.9 Å². The molecule has 0 amide bonds. The summed E-state index contributed by atoms with van der Waals surface area (Å²) in [4.78, 5) is 38.3. The lowest BCUT2D eigenvalue weighted by Gasteiger charge is -2.18. The highest BCUT2D eigenvalue weighted by Crippen LogP contribution is 2.16. The van der Waals surface area contributed by atoms with Gasteiger partial charge in [0.2, 0.25) is 0 Å². The van der Waals surface area contributed by atoms with Crippen molar-refractivity contribution in [2.45, 2.75) is 290 Å². The monoisotopic (exact) mass is 1000 g/mol. The van der Waals surface area contributed by atoms with Crippen LogP contribution in [0.2, 0.25) is 0 Å². The standard InChI is InChI=1S/C66H112O6/c1-4-7-10-13-16-19-22-25-28-31-33-35-38-41-44-47-50-53-56-59-65(68)71-62-63(61-70-64(67)58-55-52-49-46-43-40-37-30-27-24-21-18-15-12-9-6-3)72-66(69)60-57-54-51-48-45-42-39-36-34-32-29-26-23-20-17-14-11-8-5-2/h7,10,16-17,19-20,25-26,28-29,33-36,41,44,63H,4-6,8-9,11-15,18,21-24,27,30-32,37-40,42-43,45-62H2,1-3H3/b10-7-,19-16-,20-17-,28-25-,29-26-,35-33-,36-34-,44-41-/t63-/m1/s1. The lowest BCUT2D eigenvalue weighted by Crippen LogP contribution is -2.30. The van der Waals surface area contributed by atoms with Crippen LogP contribution in [-0.4, -0.2) is 37.2 Å². The van der Waals surface area contributed by atoms with Gasteiger partial charge in [-0.3, -0.25) is 14.4 Å². The van der Waals surface area contributed by atoms with Gasteiger partial charge < -0.3 is 14.2 Å². The van der Waals surface area contributed by atoms with Crippen molar-refractivity contribution in [1.82, 2.24) is 0 Å². The van der Waals surface area contributed by atoms with Gasteiger partial charge in [-0.05, 0) is 103 Å². The van der Waals surface area contributed by atoms with Crippen LogP contribution < -0.4 is 0 Å². The van der Waals surface area contributed by atoms with Gasteiger partial charge in [0.1, 0.15) is 13.2 Å². The van der Waals surface area contributed by atoms with Crippen LogP contribution in [0, 0.1) is 0 Å². The number of hydrogen-bond donors (Lipinski definition) is 0. The molecule has 0 saturated heterocycles. The molecule has 0 unspecified atom stereocenters. The van der Waals surface area contributed by atoms with Gasteiger partial charge in [-0.2, -0.15) is 0 Å². The molecule has 0 aromatic rings. The van der Waals surface area contributed by atoms with E-state index < -0.39 is 6.10 Å². The van der Waals surface area contributed by atoms with E-state index in [4.69, 9.17) is 14.2 Å². The summed E-state index contributed by atoms with van der Waals surface area (Å²) in [5, 5.41) is 0. The van der Waals surface area contributed by atoms with E-state index in [2.05, 4.69) is 118 Å². The third-order valence-electron chi connectivity index (χ3n) is 12.8. The fourth-order valence-corrected chi connectivity index (χ4v) is 8.30. The summed E-state index contributed by atoms with van der Waals surface area (Å²) in [5.41, 5.74) is 0. The Labute approximate surface area is 445 Å². The molecule has 0 aromatic carbocycles. The molecular formula is C66H112O6. The lowest BCUT2D eigenvalue weighted by atomic mass is 10.0. The van der Waals surface area contributed by atoms with Crippen LogP contribution in [0.5, 0.6) is 0 Å². The highest BCUT2D eigenvalue weighted by atomic mass is 16.6. The maximum absolute atomic E-state index is 12.9. The van der Waals surface area contributed by atoms with Crippen LogP contribution in [0.3, 0.4) is 0 Å². The highest BCUT2D eigenvalue weighted by Gasteiger charge is 2.19. The molecule has 0 N–H and O–H groups in total. The Kier molecular flexibility index (Phi) is 56.8. The fraction of sp³-hybridized carbons (Fsp3) is 0.712. The summed E-state index contributed by atoms with van der Waals surface area (Å²) in [6.07, 6.45) is 79.7. The Hall–Kier alpha value is -3.67. The Morgan fingerprint density at radius 1 is 0.292 bits per heavy atom. The van der Waals surface area contributed by atoms with Crippen molar-refractivity contribution < 1.29 is 28.6 Å². The topological polar surface area (TPSA) is 78.9 Å². The van der Waals surface area contributed by atoms with Gasteiger partial charge in [0, 0.05) is 19.3 Å². The minimum absolute atomic E-state index is 0.0920. The van der Waals surface area contributed by atoms with Crippen LogP contribution in [-0.2, 0) is 28.6 Å². The average Bonchev–Trinajstić information content (AvgIpc) is 3.38. The van der Waals surface area contributed by atoms with Crippen molar-refractivity contribution in [2.24, 2.45) is 0 Å². The number of unbranched alkanes of at least 4 members (excludes halogenated alkanes) is 27. The van der Waals surface area contributed by atoms with E-state index in [9.17, 15) is 14.4 Å². The van der Waals surface area contributed by atoms with Gasteiger partial charge in [0.15, 0.2) is 6.10 Å². The van der Waals surface area contributed by atoms with E-state index >= 15 is 0 Å². The fourth-order valence-electron chi connectivity index (χ4n) is 8.30. The zero-order chi connectivity index (χ0) is 52.2. The van der Waals surface area contributed by atoms with E-state index in [0.29, 0.717) is 19.3 Å². The summed E-state index contributed by atoms with van der Waals surface area (Å²) in [6.45, 7) is 6.48. The summed E-state index contributed by atoms with van der Waals surface area (Å²) in [7, 11) is 0. The Morgan fingerprint density at radius 3 is 0.889 bits per heavy atom. The number of hydrogen-bond acceptors (Lipinski definition) is 6. The molecule has 0 aromatic heterocycles. The molecule has 0 spiro atoms. The van der Waals surface area contributed by atoms with Crippen LogP contribution in [0.25, 0.3) is 0 Å². The average molecular weight is 1000 g/mol. The van der Waals surface area contributed by atoms with Gasteiger partial charge in [-0.25, -0.2) is 0 Å². The molecule has 0 aliphatic heterocycles. The normalized spacial score (nSPS) is 12.8. The zero-order valence-electron chi connectivity index (χ0n) is 47.2. The molecule has 6 heteroatoms. The van der Waals surface area contributed by atoms with Crippen molar-refractivity contribution in [3.05, 3.63) is 97.2 Å². The molecule has 6 nitrogen and oxygen atoms in total. The highest BCUT2D eigenvalue weighted by molar-refractivity contribution is 5.71. The van der Waals surface area contributed by atoms with Crippen molar-refractivity contribution in [2.75, 3.05) is 13.2 Å². The molecular weight excluding hydrogens is 889 g/mol. The molecule has 1 atom stereocenters. The minimum atomic E-state index is -0.799. The molecule has 0 bridgehead atoms. The van der Waals surface area contributed by atoms with Crippen molar-refractivity contribution >= 4 is 17.9 Å². The molecule has 0 heterocycles. The van der Waals surface area contributed by atoms with Gasteiger partial charge in [-0.1, -0.05) is 259 Å². The molecule has 0 aliphatic rings. The molecule has 0 saturated carbocycles. The van der Waals surface area contributed by atoms with E-state index in [1.807, 2.05) is 0 Å². The predicted molar refractivity (Wildman–Crippen MR) is 311 cm³/mol. The maximum atomic E-state index is 12.9. The number of rotatable bonds is 54. The summed E-state index contributed by atoms with van der Waals surface area (Å²) in [6, 6.07) is 0. The third-order valence-corrected chi connectivity index (χ3v) is 12.8. The first-order chi connectivity index (χ1) is 35.5. The predicted octanol–water partition coefficient (Wildman–Crippen LogP) is 20.5. The summed E-state index contributed by atoms with van der Waals surface area (Å²) < 4.78 is 16.9. The van der Waals surface area contributed by atoms with Crippen LogP contribution in [0.1, 0.15) is 284 Å². The number of ether oxygens (including phenoxy) is 3. The van der Waals surface area contributed by atoms with Gasteiger partial charge in [-0.15, -0.1) is 0 Å². The SMILES string of the molecule is CC/C=C\C/C=C\C/C=C\C/C=C\C/C=C\CCCCCC(=O)OC[C@@H](COC(=O)CCCCCCCCCCCCCCCCCC)OC(=O)CCCCCCCC/C=C\C/C=C\C/C=C\CCCCC. The third kappa shape index (κ3) is 57.2. The first kappa shape index (κ1) is 68.3. The number of carbonyl (C=O) groups is 3. The largest absolute Gasteiger partial charge is 0.462 e. The molecule has 0 fully saturated rings. The van der Waals surface area contributed by atoms with Crippen molar-refractivity contribution in [3.8, 4) is 0 Å². The Balaban J connectivity index is 4.47. The van der Waals surface area contributed by atoms with E-state index in [-0.39, 0.29) is 31.1 Å². The second kappa shape index (κ2) is 59.9. The van der Waals surface area contributed by atoms with Crippen LogP contribution >= 0.6 is 0 Å². The number of carbonyl (C=O) groups excluding carboxylic acids is 3. The quantitative estimate of drug-likeness (QED) is 0.0261. The summed E-state index contributed by atoms with van der Waals surface area (Å²) in [5.74, 6) is -0.930. The Morgan fingerprint density at radius 2 is 0.542 bits per heavy atom.